The first kappa shape index (κ1) is 7.90. The van der Waals surface area contributed by atoms with Crippen molar-refractivity contribution in [1.29, 1.82) is 0 Å². The number of nitrogens with two attached hydrogens (primary N) is 1. The van der Waals surface area contributed by atoms with Crippen LogP contribution in [0.25, 0.3) is 0 Å². The van der Waals surface area contributed by atoms with Crippen LogP contribution in [0.3, 0.4) is 0 Å². The van der Waals surface area contributed by atoms with Crippen LogP contribution in [0.15, 0.2) is 4.99 Å². The molecule has 1 aliphatic carbocycles. The molecule has 3 heteroatoms. The second kappa shape index (κ2) is 2.38. The molecular weight excluding hydrogens is 150 g/mol. The maximum Gasteiger partial charge on any atom is 0.191 e. The van der Waals surface area contributed by atoms with Gasteiger partial charge in [0, 0.05) is 7.05 Å². The molecule has 68 valence electrons. The zero-order valence-electron chi connectivity index (χ0n) is 7.88. The van der Waals surface area contributed by atoms with E-state index < -0.39 is 0 Å². The largest absolute Gasteiger partial charge is 0.370 e. The highest BCUT2D eigenvalue weighted by Crippen LogP contribution is 2.46. The SMILES string of the molecule is CCC1(C2CC2)CN=C(N)N1C. The number of guanidine groups is 1. The molecule has 2 N–H and O–H groups in total. The first-order valence-electron chi connectivity index (χ1n) is 4.74. The van der Waals surface area contributed by atoms with Gasteiger partial charge in [-0.05, 0) is 25.2 Å². The molecule has 0 aromatic heterocycles. The van der Waals surface area contributed by atoms with Gasteiger partial charge < -0.3 is 10.6 Å². The summed E-state index contributed by atoms with van der Waals surface area (Å²) in [6.07, 6.45) is 3.89. The van der Waals surface area contributed by atoms with Crippen LogP contribution in [0.5, 0.6) is 0 Å². The van der Waals surface area contributed by atoms with Crippen molar-refractivity contribution in [3.63, 3.8) is 0 Å². The fraction of sp³-hybridized carbons (Fsp3) is 0.889. The lowest BCUT2D eigenvalue weighted by Crippen LogP contribution is -2.50. The summed E-state index contributed by atoms with van der Waals surface area (Å²) in [6, 6.07) is 0. The summed E-state index contributed by atoms with van der Waals surface area (Å²) in [7, 11) is 2.08. The lowest BCUT2D eigenvalue weighted by Gasteiger charge is -2.36. The van der Waals surface area contributed by atoms with Crippen molar-refractivity contribution >= 4 is 5.96 Å². The van der Waals surface area contributed by atoms with Crippen molar-refractivity contribution in [2.24, 2.45) is 16.6 Å². The molecule has 1 aliphatic heterocycles. The minimum atomic E-state index is 0.282. The van der Waals surface area contributed by atoms with E-state index in [-0.39, 0.29) is 5.54 Å². The molecule has 1 fully saturated rings. The molecule has 0 aromatic carbocycles. The molecule has 2 aliphatic rings. The molecule has 1 atom stereocenters. The van der Waals surface area contributed by atoms with Gasteiger partial charge in [-0.3, -0.25) is 4.99 Å². The molecule has 1 saturated carbocycles. The number of hydrogen-bond acceptors (Lipinski definition) is 3. The van der Waals surface area contributed by atoms with Crippen LogP contribution < -0.4 is 5.73 Å². The third-order valence-corrected chi connectivity index (χ3v) is 3.48. The summed E-state index contributed by atoms with van der Waals surface area (Å²) in [4.78, 5) is 6.51. The Balaban J connectivity index is 2.19. The van der Waals surface area contributed by atoms with Gasteiger partial charge in [-0.1, -0.05) is 6.92 Å². The van der Waals surface area contributed by atoms with E-state index in [1.54, 1.807) is 0 Å². The molecule has 0 radical (unpaired) electrons. The summed E-state index contributed by atoms with van der Waals surface area (Å²) in [5.74, 6) is 1.57. The molecular formula is C9H17N3. The van der Waals surface area contributed by atoms with E-state index in [0.29, 0.717) is 0 Å². The van der Waals surface area contributed by atoms with Crippen molar-refractivity contribution in [1.82, 2.24) is 4.90 Å². The molecule has 3 nitrogen and oxygen atoms in total. The van der Waals surface area contributed by atoms with Crippen molar-refractivity contribution in [3.8, 4) is 0 Å². The van der Waals surface area contributed by atoms with Gasteiger partial charge in [-0.2, -0.15) is 0 Å². The summed E-state index contributed by atoms with van der Waals surface area (Å²) in [5.41, 5.74) is 6.05. The Morgan fingerprint density at radius 1 is 1.67 bits per heavy atom. The Labute approximate surface area is 73.6 Å². The first-order chi connectivity index (χ1) is 5.70. The van der Waals surface area contributed by atoms with Crippen molar-refractivity contribution in [2.75, 3.05) is 13.6 Å². The van der Waals surface area contributed by atoms with Gasteiger partial charge in [0.1, 0.15) is 0 Å². The van der Waals surface area contributed by atoms with Crippen LogP contribution in [-0.2, 0) is 0 Å². The van der Waals surface area contributed by atoms with E-state index >= 15 is 0 Å². The molecule has 0 amide bonds. The Kier molecular flexibility index (Phi) is 1.56. The Morgan fingerprint density at radius 2 is 2.33 bits per heavy atom. The van der Waals surface area contributed by atoms with Crippen LogP contribution in [0.1, 0.15) is 26.2 Å². The lowest BCUT2D eigenvalue weighted by atomic mass is 9.90. The van der Waals surface area contributed by atoms with E-state index in [2.05, 4.69) is 23.9 Å². The Morgan fingerprint density at radius 3 is 2.67 bits per heavy atom. The van der Waals surface area contributed by atoms with Crippen LogP contribution in [0, 0.1) is 5.92 Å². The van der Waals surface area contributed by atoms with Gasteiger partial charge >= 0.3 is 0 Å². The summed E-state index contributed by atoms with van der Waals surface area (Å²) < 4.78 is 0. The average molecular weight is 167 g/mol. The third kappa shape index (κ3) is 0.853. The number of rotatable bonds is 2. The predicted octanol–water partition coefficient (Wildman–Crippen LogP) is 0.805. The van der Waals surface area contributed by atoms with E-state index in [1.165, 1.54) is 19.3 Å². The topological polar surface area (TPSA) is 41.6 Å². The molecule has 0 aromatic rings. The quantitative estimate of drug-likeness (QED) is 0.661. The van der Waals surface area contributed by atoms with E-state index in [4.69, 9.17) is 5.73 Å². The monoisotopic (exact) mass is 167 g/mol. The molecule has 12 heavy (non-hydrogen) atoms. The molecule has 2 rings (SSSR count). The van der Waals surface area contributed by atoms with Crippen LogP contribution >= 0.6 is 0 Å². The van der Waals surface area contributed by atoms with Gasteiger partial charge in [0.25, 0.3) is 0 Å². The zero-order valence-corrected chi connectivity index (χ0v) is 7.88. The highest BCUT2D eigenvalue weighted by Gasteiger charge is 2.49. The van der Waals surface area contributed by atoms with Gasteiger partial charge in [0.15, 0.2) is 5.96 Å². The highest BCUT2D eigenvalue weighted by molar-refractivity contribution is 5.80. The predicted molar refractivity (Wildman–Crippen MR) is 50.0 cm³/mol. The number of hydrogen-bond donors (Lipinski definition) is 1. The number of likely N-dealkylation sites (N-methyl/N-ethyl adjacent to an activating group) is 1. The van der Waals surface area contributed by atoms with Crippen LogP contribution in [0.2, 0.25) is 0 Å². The summed E-state index contributed by atoms with van der Waals surface area (Å²) >= 11 is 0. The number of nitrogens with zero attached hydrogens (tertiary/aromatic N) is 2. The summed E-state index contributed by atoms with van der Waals surface area (Å²) in [6.45, 7) is 3.15. The highest BCUT2D eigenvalue weighted by atomic mass is 15.3. The lowest BCUT2D eigenvalue weighted by molar-refractivity contribution is 0.193. The van der Waals surface area contributed by atoms with Gasteiger partial charge in [-0.25, -0.2) is 0 Å². The van der Waals surface area contributed by atoms with E-state index in [9.17, 15) is 0 Å². The smallest absolute Gasteiger partial charge is 0.191 e. The Bertz CT molecular complexity index is 220. The second-order valence-corrected chi connectivity index (χ2v) is 3.96. The fourth-order valence-corrected chi connectivity index (χ4v) is 2.32. The van der Waals surface area contributed by atoms with Crippen LogP contribution in [0.4, 0.5) is 0 Å². The molecule has 1 unspecified atom stereocenters. The van der Waals surface area contributed by atoms with E-state index in [0.717, 1.165) is 18.4 Å². The van der Waals surface area contributed by atoms with E-state index in [1.807, 2.05) is 0 Å². The molecule has 0 saturated heterocycles. The van der Waals surface area contributed by atoms with Gasteiger partial charge in [0.05, 0.1) is 12.1 Å². The average Bonchev–Trinajstić information content (AvgIpc) is 2.86. The minimum absolute atomic E-state index is 0.282. The van der Waals surface area contributed by atoms with Crippen molar-refractivity contribution in [3.05, 3.63) is 0 Å². The molecule has 0 spiro atoms. The standard InChI is InChI=1S/C9H17N3/c1-3-9(7-4-5-7)6-11-8(10)12(9)2/h7H,3-6H2,1-2H3,(H2,10,11). The minimum Gasteiger partial charge on any atom is -0.370 e. The number of aliphatic imine (C=N–C) groups is 1. The van der Waals surface area contributed by atoms with Gasteiger partial charge in [-0.15, -0.1) is 0 Å². The second-order valence-electron chi connectivity index (χ2n) is 3.96. The van der Waals surface area contributed by atoms with Crippen LogP contribution in [-0.4, -0.2) is 30.0 Å². The first-order valence-corrected chi connectivity index (χ1v) is 4.74. The maximum absolute atomic E-state index is 5.77. The normalized spacial score (nSPS) is 35.5. The summed E-state index contributed by atoms with van der Waals surface area (Å²) in [5, 5.41) is 0. The van der Waals surface area contributed by atoms with Crippen molar-refractivity contribution < 1.29 is 0 Å². The zero-order chi connectivity index (χ0) is 8.77. The van der Waals surface area contributed by atoms with Crippen molar-refractivity contribution in [2.45, 2.75) is 31.7 Å². The third-order valence-electron chi connectivity index (χ3n) is 3.48. The maximum atomic E-state index is 5.77. The Hall–Kier alpha value is -0.730. The molecule has 1 heterocycles. The fourth-order valence-electron chi connectivity index (χ4n) is 2.32. The van der Waals surface area contributed by atoms with Gasteiger partial charge in [0.2, 0.25) is 0 Å². The molecule has 0 bridgehead atoms.